The summed E-state index contributed by atoms with van der Waals surface area (Å²) in [7, 11) is 0. The third-order valence-corrected chi connectivity index (χ3v) is 10.7. The molecule has 2 fully saturated rings. The van der Waals surface area contributed by atoms with Gasteiger partial charge in [-0.15, -0.1) is 0 Å². The van der Waals surface area contributed by atoms with Crippen LogP contribution in [0.15, 0.2) is 109 Å². The SMILES string of the molecule is CC/C=C\C/C=C\C/C=C\C/C=C\C/C=C\CCCC(=O)OC[C@H](CO[C@@H]1O[C@H](CO[C@H]2O[C@H](CO)[C@H](O)[C@H](O)[C@H]2O)[C@H](O)[C@H](O)[C@H]1O)OC(=O)CCCC/C=C\C/C=C\C/C=C\C/C=C\CC. The van der Waals surface area contributed by atoms with Crippen LogP contribution in [0, 0.1) is 0 Å². The second kappa shape index (κ2) is 38.9. The lowest BCUT2D eigenvalue weighted by molar-refractivity contribution is -0.332. The van der Waals surface area contributed by atoms with Crippen molar-refractivity contribution in [3.8, 4) is 0 Å². The fourth-order valence-electron chi connectivity index (χ4n) is 6.77. The number of ether oxygens (including phenoxy) is 6. The smallest absolute Gasteiger partial charge is 0.306 e. The van der Waals surface area contributed by atoms with Gasteiger partial charge in [0.15, 0.2) is 18.7 Å². The quantitative estimate of drug-likeness (QED) is 0.0208. The summed E-state index contributed by atoms with van der Waals surface area (Å²) in [6.45, 7) is 2.21. The van der Waals surface area contributed by atoms with Crippen molar-refractivity contribution in [1.82, 2.24) is 0 Å². The zero-order chi connectivity index (χ0) is 49.6. The summed E-state index contributed by atoms with van der Waals surface area (Å²) in [4.78, 5) is 25.7. The minimum atomic E-state index is -1.79. The first-order valence-corrected chi connectivity index (χ1v) is 24.5. The average molecular weight is 959 g/mol. The average Bonchev–Trinajstić information content (AvgIpc) is 3.33. The second-order valence-electron chi connectivity index (χ2n) is 16.5. The lowest BCUT2D eigenvalue weighted by atomic mass is 9.98. The Morgan fingerprint density at radius 1 is 0.471 bits per heavy atom. The normalized spacial score (nSPS) is 26.7. The molecule has 0 unspecified atom stereocenters. The predicted octanol–water partition coefficient (Wildman–Crippen LogP) is 6.37. The molecule has 7 N–H and O–H groups in total. The van der Waals surface area contributed by atoms with Crippen molar-refractivity contribution >= 4 is 11.9 Å². The summed E-state index contributed by atoms with van der Waals surface area (Å²) in [5, 5.41) is 72.0. The van der Waals surface area contributed by atoms with Crippen molar-refractivity contribution in [2.75, 3.05) is 26.4 Å². The zero-order valence-electron chi connectivity index (χ0n) is 40.3. The molecule has 11 atom stereocenters. The third-order valence-electron chi connectivity index (χ3n) is 10.7. The molecule has 384 valence electrons. The Bertz CT molecular complexity index is 1600. The van der Waals surface area contributed by atoms with Crippen LogP contribution in [-0.2, 0) is 38.0 Å². The largest absolute Gasteiger partial charge is 0.462 e. The van der Waals surface area contributed by atoms with Gasteiger partial charge in [0.25, 0.3) is 0 Å². The summed E-state index contributed by atoms with van der Waals surface area (Å²) < 4.78 is 33.4. The minimum Gasteiger partial charge on any atom is -0.462 e. The molecule has 0 saturated carbocycles. The molecule has 0 aromatic heterocycles. The van der Waals surface area contributed by atoms with Crippen LogP contribution in [0.3, 0.4) is 0 Å². The lowest BCUT2D eigenvalue weighted by Crippen LogP contribution is -2.61. The van der Waals surface area contributed by atoms with Crippen LogP contribution >= 0.6 is 0 Å². The van der Waals surface area contributed by atoms with Gasteiger partial charge in [0.2, 0.25) is 0 Å². The Kier molecular flexibility index (Phi) is 34.5. The molecule has 2 aliphatic heterocycles. The van der Waals surface area contributed by atoms with E-state index in [9.17, 15) is 45.3 Å². The number of hydrogen-bond donors (Lipinski definition) is 7. The van der Waals surface area contributed by atoms with Crippen LogP contribution < -0.4 is 0 Å². The highest BCUT2D eigenvalue weighted by Gasteiger charge is 2.47. The first kappa shape index (κ1) is 60.3. The molecular formula is C53H82O15. The monoisotopic (exact) mass is 959 g/mol. The Hall–Kier alpha value is -3.84. The first-order valence-electron chi connectivity index (χ1n) is 24.5. The highest BCUT2D eigenvalue weighted by molar-refractivity contribution is 5.70. The number of esters is 2. The molecule has 2 aliphatic rings. The van der Waals surface area contributed by atoms with E-state index >= 15 is 0 Å². The van der Waals surface area contributed by atoms with Crippen LogP contribution in [0.5, 0.6) is 0 Å². The van der Waals surface area contributed by atoms with Crippen LogP contribution in [0.4, 0.5) is 0 Å². The molecular weight excluding hydrogens is 877 g/mol. The molecule has 2 heterocycles. The number of aliphatic hydroxyl groups is 7. The molecule has 0 spiro atoms. The molecule has 68 heavy (non-hydrogen) atoms. The van der Waals surface area contributed by atoms with Gasteiger partial charge in [0.1, 0.15) is 55.4 Å². The Balaban J connectivity index is 1.88. The zero-order valence-corrected chi connectivity index (χ0v) is 40.3. The third kappa shape index (κ3) is 26.8. The van der Waals surface area contributed by atoms with Gasteiger partial charge in [-0.05, 0) is 89.9 Å². The number of allylic oxidation sites excluding steroid dienone is 18. The van der Waals surface area contributed by atoms with E-state index in [0.717, 1.165) is 70.6 Å². The number of unbranched alkanes of at least 4 members (excludes halogenated alkanes) is 3. The van der Waals surface area contributed by atoms with E-state index in [1.807, 2.05) is 12.2 Å². The molecule has 0 aromatic rings. The Morgan fingerprint density at radius 2 is 0.882 bits per heavy atom. The van der Waals surface area contributed by atoms with Crippen molar-refractivity contribution < 1.29 is 73.8 Å². The summed E-state index contributed by atoms with van der Waals surface area (Å²) in [5.74, 6) is -1.06. The standard InChI is InChI=1S/C53H82O15/c1-3-5-7-9-11-13-15-17-19-20-22-23-25-27-29-31-33-35-44(55)63-38-41(66-45(56)36-34-32-30-28-26-24-21-18-16-14-12-10-8-6-4-2)39-64-52-51(62)49(60)47(58)43(68-52)40-65-53-50(61)48(59)46(57)42(37-54)67-53/h5-8,11-14,17-19,21-23,26-29,41-43,46-54,57-62H,3-4,9-10,15-16,20,24-25,30-40H2,1-2H3/b7-5-,8-6-,13-11-,14-12-,19-17-,21-18-,23-22-,28-26-,29-27-/t41-,42-,43-,46+,47+,48+,49+,50-,51-,52-,53+/m1/s1. The topological polar surface area (TPSA) is 231 Å². The van der Waals surface area contributed by atoms with Crippen LogP contribution in [0.25, 0.3) is 0 Å². The van der Waals surface area contributed by atoms with Crippen molar-refractivity contribution in [2.24, 2.45) is 0 Å². The number of rotatable bonds is 35. The molecule has 0 bridgehead atoms. The molecule has 15 heteroatoms. The van der Waals surface area contributed by atoms with Gasteiger partial charge in [-0.3, -0.25) is 9.59 Å². The van der Waals surface area contributed by atoms with E-state index in [1.165, 1.54) is 0 Å². The van der Waals surface area contributed by atoms with E-state index in [0.29, 0.717) is 19.3 Å². The highest BCUT2D eigenvalue weighted by atomic mass is 16.7. The molecule has 0 radical (unpaired) electrons. The maximum absolute atomic E-state index is 13.0. The summed E-state index contributed by atoms with van der Waals surface area (Å²) in [6, 6.07) is 0. The Labute approximate surface area is 404 Å². The van der Waals surface area contributed by atoms with Gasteiger partial charge in [0, 0.05) is 12.8 Å². The fraction of sp³-hybridized carbons (Fsp3) is 0.623. The van der Waals surface area contributed by atoms with Crippen LogP contribution in [-0.4, -0.2) is 142 Å². The van der Waals surface area contributed by atoms with E-state index in [-0.39, 0.29) is 19.4 Å². The molecule has 15 nitrogen and oxygen atoms in total. The number of carbonyl (C=O) groups is 2. The second-order valence-corrected chi connectivity index (χ2v) is 16.5. The Morgan fingerprint density at radius 3 is 1.37 bits per heavy atom. The van der Waals surface area contributed by atoms with E-state index in [1.54, 1.807) is 0 Å². The van der Waals surface area contributed by atoms with Crippen LogP contribution in [0.1, 0.15) is 117 Å². The lowest BCUT2D eigenvalue weighted by Gasteiger charge is -2.42. The van der Waals surface area contributed by atoms with Crippen molar-refractivity contribution in [3.63, 3.8) is 0 Å². The van der Waals surface area contributed by atoms with Crippen molar-refractivity contribution in [2.45, 2.75) is 184 Å². The molecule has 2 saturated heterocycles. The number of hydrogen-bond acceptors (Lipinski definition) is 15. The summed E-state index contributed by atoms with van der Waals surface area (Å²) in [6.07, 6.45) is 32.7. The van der Waals surface area contributed by atoms with E-state index < -0.39 is 99.3 Å². The van der Waals surface area contributed by atoms with Crippen LogP contribution in [0.2, 0.25) is 0 Å². The van der Waals surface area contributed by atoms with Crippen molar-refractivity contribution in [3.05, 3.63) is 109 Å². The van der Waals surface area contributed by atoms with E-state index in [2.05, 4.69) is 111 Å². The van der Waals surface area contributed by atoms with Gasteiger partial charge in [-0.25, -0.2) is 0 Å². The van der Waals surface area contributed by atoms with Gasteiger partial charge >= 0.3 is 11.9 Å². The highest BCUT2D eigenvalue weighted by Crippen LogP contribution is 2.26. The number of aliphatic hydroxyl groups excluding tert-OH is 7. The predicted molar refractivity (Wildman–Crippen MR) is 261 cm³/mol. The fourth-order valence-corrected chi connectivity index (χ4v) is 6.77. The van der Waals surface area contributed by atoms with Gasteiger partial charge in [-0.2, -0.15) is 0 Å². The number of carbonyl (C=O) groups excluding carboxylic acids is 2. The summed E-state index contributed by atoms with van der Waals surface area (Å²) in [5.41, 5.74) is 0. The molecule has 2 rings (SSSR count). The van der Waals surface area contributed by atoms with Gasteiger partial charge in [0.05, 0.1) is 19.8 Å². The van der Waals surface area contributed by atoms with Gasteiger partial charge < -0.3 is 64.2 Å². The van der Waals surface area contributed by atoms with E-state index in [4.69, 9.17) is 28.4 Å². The molecule has 0 aromatic carbocycles. The van der Waals surface area contributed by atoms with Gasteiger partial charge in [-0.1, -0.05) is 123 Å². The first-order chi connectivity index (χ1) is 33.0. The molecule has 0 amide bonds. The molecule has 0 aliphatic carbocycles. The summed E-state index contributed by atoms with van der Waals surface area (Å²) >= 11 is 0. The maximum atomic E-state index is 13.0. The minimum absolute atomic E-state index is 0.0933. The maximum Gasteiger partial charge on any atom is 0.306 e. The van der Waals surface area contributed by atoms with Crippen molar-refractivity contribution in [1.29, 1.82) is 0 Å².